The fourth-order valence-electron chi connectivity index (χ4n) is 2.35. The minimum Gasteiger partial charge on any atom is -0.504 e. The molecule has 20 heavy (non-hydrogen) atoms. The molecule has 0 saturated heterocycles. The summed E-state index contributed by atoms with van der Waals surface area (Å²) in [7, 11) is 1.49. The molecule has 0 aliphatic carbocycles. The van der Waals surface area contributed by atoms with E-state index in [-0.39, 0.29) is 24.1 Å². The van der Waals surface area contributed by atoms with Crippen LogP contribution in [0.2, 0.25) is 0 Å². The van der Waals surface area contributed by atoms with Crippen molar-refractivity contribution in [1.82, 2.24) is 0 Å². The van der Waals surface area contributed by atoms with Gasteiger partial charge in [-0.3, -0.25) is 4.79 Å². The van der Waals surface area contributed by atoms with Crippen molar-refractivity contribution in [1.29, 1.82) is 0 Å². The number of rotatable bonds is 2. The van der Waals surface area contributed by atoms with Gasteiger partial charge in [-0.15, -0.1) is 0 Å². The molecule has 0 bridgehead atoms. The van der Waals surface area contributed by atoms with Crippen LogP contribution in [0.3, 0.4) is 0 Å². The normalized spacial score (nSPS) is 17.2. The quantitative estimate of drug-likeness (QED) is 0.911. The topological polar surface area (TPSA) is 55.8 Å². The van der Waals surface area contributed by atoms with Gasteiger partial charge in [0.2, 0.25) is 0 Å². The van der Waals surface area contributed by atoms with Crippen LogP contribution in [0.25, 0.3) is 0 Å². The maximum atomic E-state index is 12.1. The Morgan fingerprint density at radius 3 is 2.85 bits per heavy atom. The molecule has 1 heterocycles. The molecule has 0 saturated carbocycles. The first-order valence-electron chi connectivity index (χ1n) is 6.35. The first kappa shape index (κ1) is 12.5. The van der Waals surface area contributed by atoms with Gasteiger partial charge in [0.15, 0.2) is 17.3 Å². The number of benzene rings is 2. The number of fused-ring (bicyclic) bond motifs is 1. The molecule has 102 valence electrons. The zero-order valence-corrected chi connectivity index (χ0v) is 11.0. The number of methoxy groups -OCH3 is 1. The van der Waals surface area contributed by atoms with E-state index in [0.29, 0.717) is 17.1 Å². The van der Waals surface area contributed by atoms with E-state index in [2.05, 4.69) is 0 Å². The number of aromatic hydroxyl groups is 1. The first-order chi connectivity index (χ1) is 9.69. The summed E-state index contributed by atoms with van der Waals surface area (Å²) in [5.41, 5.74) is 1.43. The van der Waals surface area contributed by atoms with Crippen LogP contribution in [0.1, 0.15) is 28.4 Å². The molecular formula is C16H14O4. The molecule has 2 aromatic carbocycles. The Bertz CT molecular complexity index is 663. The third-order valence-corrected chi connectivity index (χ3v) is 3.40. The SMILES string of the molecule is COc1cc(C2CC(=O)c3ccccc3O2)ccc1O. The standard InChI is InChI=1S/C16H14O4/c1-19-16-8-10(6-7-12(16)17)15-9-13(18)11-4-2-3-5-14(11)20-15/h2-8,15,17H,9H2,1H3. The Morgan fingerprint density at radius 1 is 1.25 bits per heavy atom. The largest absolute Gasteiger partial charge is 0.504 e. The Kier molecular flexibility index (Phi) is 3.06. The number of hydrogen-bond donors (Lipinski definition) is 1. The van der Waals surface area contributed by atoms with Crippen LogP contribution in [-0.4, -0.2) is 18.0 Å². The monoisotopic (exact) mass is 270 g/mol. The van der Waals surface area contributed by atoms with E-state index in [0.717, 1.165) is 5.56 Å². The molecule has 1 aliphatic rings. The lowest BCUT2D eigenvalue weighted by molar-refractivity contribution is 0.0850. The van der Waals surface area contributed by atoms with Gasteiger partial charge in [0.05, 0.1) is 19.1 Å². The second-order valence-corrected chi connectivity index (χ2v) is 4.66. The Labute approximate surface area is 116 Å². The van der Waals surface area contributed by atoms with Gasteiger partial charge >= 0.3 is 0 Å². The van der Waals surface area contributed by atoms with Crippen LogP contribution < -0.4 is 9.47 Å². The number of hydrogen-bond acceptors (Lipinski definition) is 4. The van der Waals surface area contributed by atoms with Crippen molar-refractivity contribution in [3.8, 4) is 17.2 Å². The highest BCUT2D eigenvalue weighted by Crippen LogP contribution is 2.37. The fraction of sp³-hybridized carbons (Fsp3) is 0.188. The first-order valence-corrected chi connectivity index (χ1v) is 6.35. The van der Waals surface area contributed by atoms with E-state index in [1.54, 1.807) is 30.3 Å². The van der Waals surface area contributed by atoms with Gasteiger partial charge < -0.3 is 14.6 Å². The lowest BCUT2D eigenvalue weighted by Crippen LogP contribution is -2.20. The van der Waals surface area contributed by atoms with E-state index in [1.165, 1.54) is 7.11 Å². The summed E-state index contributed by atoms with van der Waals surface area (Å²) < 4.78 is 11.0. The highest BCUT2D eigenvalue weighted by Gasteiger charge is 2.27. The maximum Gasteiger partial charge on any atom is 0.170 e. The molecule has 1 atom stereocenters. The molecule has 1 aliphatic heterocycles. The van der Waals surface area contributed by atoms with Gasteiger partial charge in [-0.2, -0.15) is 0 Å². The molecule has 0 amide bonds. The molecule has 3 rings (SSSR count). The summed E-state index contributed by atoms with van der Waals surface area (Å²) in [6.07, 6.45) is -0.0720. The average Bonchev–Trinajstić information content (AvgIpc) is 2.47. The predicted octanol–water partition coefficient (Wildman–Crippen LogP) is 3.11. The number of phenolic OH excluding ortho intramolecular Hbond substituents is 1. The number of para-hydroxylation sites is 1. The van der Waals surface area contributed by atoms with Gasteiger partial charge in [0.25, 0.3) is 0 Å². The van der Waals surface area contributed by atoms with E-state index in [1.807, 2.05) is 12.1 Å². The van der Waals surface area contributed by atoms with Crippen LogP contribution in [0, 0.1) is 0 Å². The summed E-state index contributed by atoms with van der Waals surface area (Å²) in [5, 5.41) is 9.61. The van der Waals surface area contributed by atoms with Crippen LogP contribution in [0.4, 0.5) is 0 Å². The van der Waals surface area contributed by atoms with Crippen LogP contribution in [0.5, 0.6) is 17.2 Å². The minimum atomic E-state index is -0.355. The second-order valence-electron chi connectivity index (χ2n) is 4.66. The molecule has 0 aromatic heterocycles. The molecule has 0 spiro atoms. The lowest BCUT2D eigenvalue weighted by atomic mass is 9.96. The van der Waals surface area contributed by atoms with Crippen molar-refractivity contribution in [3.63, 3.8) is 0 Å². The molecule has 4 nitrogen and oxygen atoms in total. The van der Waals surface area contributed by atoms with Crippen molar-refractivity contribution in [2.24, 2.45) is 0 Å². The van der Waals surface area contributed by atoms with Gasteiger partial charge in [0.1, 0.15) is 11.9 Å². The molecule has 0 fully saturated rings. The van der Waals surface area contributed by atoms with Crippen LogP contribution in [0.15, 0.2) is 42.5 Å². The third kappa shape index (κ3) is 2.09. The number of phenols is 1. The Hall–Kier alpha value is -2.49. The van der Waals surface area contributed by atoms with E-state index >= 15 is 0 Å². The smallest absolute Gasteiger partial charge is 0.170 e. The summed E-state index contributed by atoms with van der Waals surface area (Å²) in [6.45, 7) is 0. The molecule has 1 N–H and O–H groups in total. The van der Waals surface area contributed by atoms with E-state index in [9.17, 15) is 9.90 Å². The van der Waals surface area contributed by atoms with Gasteiger partial charge in [0, 0.05) is 0 Å². The Morgan fingerprint density at radius 2 is 2.05 bits per heavy atom. The van der Waals surface area contributed by atoms with Crippen molar-refractivity contribution >= 4 is 5.78 Å². The lowest BCUT2D eigenvalue weighted by Gasteiger charge is -2.25. The zero-order valence-electron chi connectivity index (χ0n) is 11.0. The molecule has 0 radical (unpaired) electrons. The third-order valence-electron chi connectivity index (χ3n) is 3.40. The number of ether oxygens (including phenoxy) is 2. The van der Waals surface area contributed by atoms with Crippen LogP contribution in [-0.2, 0) is 0 Å². The fourth-order valence-corrected chi connectivity index (χ4v) is 2.35. The summed E-state index contributed by atoms with van der Waals surface area (Å²) in [6, 6.07) is 12.2. The van der Waals surface area contributed by atoms with E-state index in [4.69, 9.17) is 9.47 Å². The van der Waals surface area contributed by atoms with Gasteiger partial charge in [-0.05, 0) is 29.8 Å². The van der Waals surface area contributed by atoms with Crippen molar-refractivity contribution in [3.05, 3.63) is 53.6 Å². The second kappa shape index (κ2) is 4.89. The average molecular weight is 270 g/mol. The molecular weight excluding hydrogens is 256 g/mol. The highest BCUT2D eigenvalue weighted by molar-refractivity contribution is 5.99. The molecule has 1 unspecified atom stereocenters. The Balaban J connectivity index is 1.95. The maximum absolute atomic E-state index is 12.1. The highest BCUT2D eigenvalue weighted by atomic mass is 16.5. The van der Waals surface area contributed by atoms with E-state index < -0.39 is 0 Å². The van der Waals surface area contributed by atoms with Crippen molar-refractivity contribution in [2.45, 2.75) is 12.5 Å². The molecule has 4 heteroatoms. The number of carbonyl (C=O) groups excluding carboxylic acids is 1. The summed E-state index contributed by atoms with van der Waals surface area (Å²) >= 11 is 0. The van der Waals surface area contributed by atoms with Gasteiger partial charge in [-0.1, -0.05) is 18.2 Å². The minimum absolute atomic E-state index is 0.0592. The van der Waals surface area contributed by atoms with Gasteiger partial charge in [-0.25, -0.2) is 0 Å². The van der Waals surface area contributed by atoms with Crippen molar-refractivity contribution in [2.75, 3.05) is 7.11 Å². The number of Topliss-reactive ketones (excluding diaryl/α,β-unsaturated/α-hetero) is 1. The summed E-state index contributed by atoms with van der Waals surface area (Å²) in [4.78, 5) is 12.1. The summed E-state index contributed by atoms with van der Waals surface area (Å²) in [5.74, 6) is 1.10. The zero-order chi connectivity index (χ0) is 14.1. The number of ketones is 1. The van der Waals surface area contributed by atoms with Crippen LogP contribution >= 0.6 is 0 Å². The number of carbonyl (C=O) groups is 1. The molecule has 2 aromatic rings. The van der Waals surface area contributed by atoms with Crippen molar-refractivity contribution < 1.29 is 19.4 Å². The predicted molar refractivity (Wildman–Crippen MR) is 73.4 cm³/mol.